The lowest BCUT2D eigenvalue weighted by Gasteiger charge is -2.52. The number of nitrogens with one attached hydrogen (secondary N) is 1. The summed E-state index contributed by atoms with van der Waals surface area (Å²) in [5, 5.41) is 12.8. The van der Waals surface area contributed by atoms with Crippen LogP contribution in [0.4, 0.5) is 10.5 Å². The molecular weight excluding hydrogens is 216 g/mol. The Bertz CT molecular complexity index is 454. The van der Waals surface area contributed by atoms with E-state index < -0.39 is 0 Å². The highest BCUT2D eigenvalue weighted by Crippen LogP contribution is 2.46. The van der Waals surface area contributed by atoms with Gasteiger partial charge in [0.1, 0.15) is 5.75 Å². The molecule has 1 aliphatic heterocycles. The first-order valence-electron chi connectivity index (χ1n) is 6.09. The Kier molecular flexibility index (Phi) is 2.24. The largest absolute Gasteiger partial charge is 0.506 e. The van der Waals surface area contributed by atoms with Gasteiger partial charge in [0.2, 0.25) is 0 Å². The first kappa shape index (κ1) is 10.4. The normalized spacial score (nSPS) is 22.1. The average molecular weight is 232 g/mol. The number of carbonyl (C=O) groups excluding carboxylic acids is 1. The van der Waals surface area contributed by atoms with Gasteiger partial charge >= 0.3 is 6.03 Å². The van der Waals surface area contributed by atoms with E-state index in [2.05, 4.69) is 5.32 Å². The number of hydrogen-bond acceptors (Lipinski definition) is 2. The minimum Gasteiger partial charge on any atom is -0.506 e. The molecule has 0 radical (unpaired) electrons. The molecule has 0 bridgehead atoms. The van der Waals surface area contributed by atoms with Gasteiger partial charge in [0.25, 0.3) is 0 Å². The van der Waals surface area contributed by atoms with Crippen LogP contribution in [0.25, 0.3) is 0 Å². The molecule has 4 heteroatoms. The number of nitrogens with zero attached hydrogens (tertiary/aromatic N) is 1. The Labute approximate surface area is 100 Å². The molecule has 1 aromatic carbocycles. The fourth-order valence-electron chi connectivity index (χ4n) is 2.89. The van der Waals surface area contributed by atoms with E-state index in [0.717, 1.165) is 32.2 Å². The summed E-state index contributed by atoms with van der Waals surface area (Å²) in [5.41, 5.74) is 0.575. The molecule has 2 N–H and O–H groups in total. The van der Waals surface area contributed by atoms with E-state index in [1.165, 1.54) is 0 Å². The minimum absolute atomic E-state index is 0.0544. The summed E-state index contributed by atoms with van der Waals surface area (Å²) in [7, 11) is 0. The minimum atomic E-state index is -0.0857. The fraction of sp³-hybridized carbons (Fsp3) is 0.462. The number of urea groups is 1. The molecule has 2 amide bonds. The molecule has 1 saturated carbocycles. The second kappa shape index (κ2) is 3.65. The molecule has 17 heavy (non-hydrogen) atoms. The van der Waals surface area contributed by atoms with Crippen molar-refractivity contribution in [3.63, 3.8) is 0 Å². The van der Waals surface area contributed by atoms with Gasteiger partial charge in [0.15, 0.2) is 0 Å². The molecule has 1 saturated heterocycles. The van der Waals surface area contributed by atoms with E-state index in [0.29, 0.717) is 5.69 Å². The lowest BCUT2D eigenvalue weighted by molar-refractivity contribution is 0.178. The smallest absolute Gasteiger partial charge is 0.322 e. The Hall–Kier alpha value is -1.71. The predicted octanol–water partition coefficient (Wildman–Crippen LogP) is 2.23. The van der Waals surface area contributed by atoms with Crippen molar-refractivity contribution in [2.45, 2.75) is 31.2 Å². The van der Waals surface area contributed by atoms with Crippen molar-refractivity contribution in [2.75, 3.05) is 11.4 Å². The van der Waals surface area contributed by atoms with Gasteiger partial charge in [0, 0.05) is 6.54 Å². The van der Waals surface area contributed by atoms with Gasteiger partial charge in [-0.15, -0.1) is 0 Å². The molecule has 0 aromatic heterocycles. The van der Waals surface area contributed by atoms with Crippen molar-refractivity contribution in [3.05, 3.63) is 24.3 Å². The van der Waals surface area contributed by atoms with Crippen molar-refractivity contribution < 1.29 is 9.90 Å². The SMILES string of the molecule is O=C1NCCC2(CCC2)N1c1ccccc1O. The number of anilines is 1. The summed E-state index contributed by atoms with van der Waals surface area (Å²) < 4.78 is 0. The molecule has 90 valence electrons. The fourth-order valence-corrected chi connectivity index (χ4v) is 2.89. The molecule has 1 aliphatic carbocycles. The van der Waals surface area contributed by atoms with E-state index in [4.69, 9.17) is 0 Å². The standard InChI is InChI=1S/C13H16N2O2/c16-11-5-2-1-4-10(11)15-12(17)14-9-8-13(15)6-3-7-13/h1-2,4-5,16H,3,6-9H2,(H,14,17). The summed E-state index contributed by atoms with van der Waals surface area (Å²) in [5.74, 6) is 0.177. The van der Waals surface area contributed by atoms with Crippen LogP contribution in [0, 0.1) is 0 Å². The van der Waals surface area contributed by atoms with Crippen LogP contribution in [0.15, 0.2) is 24.3 Å². The quantitative estimate of drug-likeness (QED) is 0.780. The Balaban J connectivity index is 2.03. The van der Waals surface area contributed by atoms with Crippen LogP contribution in [0.3, 0.4) is 0 Å². The van der Waals surface area contributed by atoms with Crippen LogP contribution in [0.5, 0.6) is 5.75 Å². The van der Waals surface area contributed by atoms with Crippen LogP contribution >= 0.6 is 0 Å². The Morgan fingerprint density at radius 2 is 2.00 bits per heavy atom. The predicted molar refractivity (Wildman–Crippen MR) is 65.2 cm³/mol. The van der Waals surface area contributed by atoms with Crippen LogP contribution in [-0.4, -0.2) is 23.2 Å². The highest BCUT2D eigenvalue weighted by atomic mass is 16.3. The second-order valence-corrected chi connectivity index (χ2v) is 4.88. The number of amides is 2. The Morgan fingerprint density at radius 1 is 1.24 bits per heavy atom. The maximum absolute atomic E-state index is 12.1. The summed E-state index contributed by atoms with van der Waals surface area (Å²) in [6.45, 7) is 0.739. The molecule has 3 rings (SSSR count). The van der Waals surface area contributed by atoms with Crippen LogP contribution in [-0.2, 0) is 0 Å². The number of phenolic OH excluding ortho intramolecular Hbond substituents is 1. The number of rotatable bonds is 1. The van der Waals surface area contributed by atoms with Crippen molar-refractivity contribution in [2.24, 2.45) is 0 Å². The molecule has 2 fully saturated rings. The highest BCUT2D eigenvalue weighted by molar-refractivity contribution is 5.96. The zero-order chi connectivity index (χ0) is 11.9. The average Bonchev–Trinajstić information content (AvgIpc) is 2.28. The summed E-state index contributed by atoms with van der Waals surface area (Å²) >= 11 is 0. The summed E-state index contributed by atoms with van der Waals surface area (Å²) in [6.07, 6.45) is 4.20. The van der Waals surface area contributed by atoms with Gasteiger partial charge in [-0.05, 0) is 37.8 Å². The lowest BCUT2D eigenvalue weighted by Crippen LogP contribution is -2.64. The van der Waals surface area contributed by atoms with Crippen molar-refractivity contribution >= 4 is 11.7 Å². The van der Waals surface area contributed by atoms with E-state index in [1.807, 2.05) is 6.07 Å². The number of benzene rings is 1. The van der Waals surface area contributed by atoms with E-state index in [9.17, 15) is 9.90 Å². The zero-order valence-corrected chi connectivity index (χ0v) is 9.65. The highest BCUT2D eigenvalue weighted by Gasteiger charge is 2.48. The maximum Gasteiger partial charge on any atom is 0.322 e. The van der Waals surface area contributed by atoms with Gasteiger partial charge in [-0.3, -0.25) is 4.90 Å². The van der Waals surface area contributed by atoms with Gasteiger partial charge in [-0.2, -0.15) is 0 Å². The Morgan fingerprint density at radius 3 is 2.65 bits per heavy atom. The van der Waals surface area contributed by atoms with Gasteiger partial charge in [-0.1, -0.05) is 12.1 Å². The molecule has 1 heterocycles. The number of phenols is 1. The molecule has 4 nitrogen and oxygen atoms in total. The van der Waals surface area contributed by atoms with Crippen molar-refractivity contribution in [1.82, 2.24) is 5.32 Å². The maximum atomic E-state index is 12.1. The van der Waals surface area contributed by atoms with Crippen LogP contribution < -0.4 is 10.2 Å². The van der Waals surface area contributed by atoms with Gasteiger partial charge in [0.05, 0.1) is 11.2 Å². The molecule has 1 spiro atoms. The molecule has 1 aromatic rings. The third-order valence-corrected chi connectivity index (χ3v) is 3.95. The first-order valence-corrected chi connectivity index (χ1v) is 6.09. The monoisotopic (exact) mass is 232 g/mol. The van der Waals surface area contributed by atoms with Crippen LogP contribution in [0.2, 0.25) is 0 Å². The molecule has 2 aliphatic rings. The third kappa shape index (κ3) is 1.47. The van der Waals surface area contributed by atoms with E-state index >= 15 is 0 Å². The number of para-hydroxylation sites is 2. The summed E-state index contributed by atoms with van der Waals surface area (Å²) in [6, 6.07) is 6.97. The lowest BCUT2D eigenvalue weighted by atomic mass is 9.72. The van der Waals surface area contributed by atoms with Crippen LogP contribution in [0.1, 0.15) is 25.7 Å². The van der Waals surface area contributed by atoms with E-state index in [-0.39, 0.29) is 17.3 Å². The third-order valence-electron chi connectivity index (χ3n) is 3.95. The summed E-state index contributed by atoms with van der Waals surface area (Å²) in [4.78, 5) is 13.8. The van der Waals surface area contributed by atoms with E-state index in [1.54, 1.807) is 23.1 Å². The molecular formula is C13H16N2O2. The van der Waals surface area contributed by atoms with Gasteiger partial charge < -0.3 is 10.4 Å². The van der Waals surface area contributed by atoms with Crippen molar-refractivity contribution in [1.29, 1.82) is 0 Å². The number of aromatic hydroxyl groups is 1. The second-order valence-electron chi connectivity index (χ2n) is 4.88. The van der Waals surface area contributed by atoms with Gasteiger partial charge in [-0.25, -0.2) is 4.79 Å². The topological polar surface area (TPSA) is 52.6 Å². The zero-order valence-electron chi connectivity index (χ0n) is 9.65. The molecule has 0 atom stereocenters. The van der Waals surface area contributed by atoms with Crippen molar-refractivity contribution in [3.8, 4) is 5.75 Å². The number of hydrogen-bond donors (Lipinski definition) is 2. The first-order chi connectivity index (χ1) is 8.23. The number of carbonyl (C=O) groups is 1. The molecule has 0 unspecified atom stereocenters.